The Hall–Kier alpha value is -3.17. The maximum Gasteiger partial charge on any atom is 0.408 e. The fourth-order valence-corrected chi connectivity index (χ4v) is 5.33. The number of rotatable bonds is 13. The standard InChI is InChI=1S/C29H46N4O6/c1-10-13-14-19(23(34)25(36)30-15-11-2)31-24(35)22-20-18(29(20,8)9)16-33(22)26(37)21(17(4)12-3)32-27(38)39-28(5,6)7/h10-11,17-22H,1-2,12-16H2,3-9H3,(H,30,36)(H,31,35)(H,32,38)/t17?,18-,19?,20-,21-,22-/m0/s1. The maximum absolute atomic E-state index is 13.9. The molecule has 0 aromatic rings. The fourth-order valence-electron chi connectivity index (χ4n) is 5.33. The molecule has 0 spiro atoms. The first kappa shape index (κ1) is 32.0. The molecule has 2 fully saturated rings. The Morgan fingerprint density at radius 2 is 1.74 bits per heavy atom. The molecule has 0 aromatic carbocycles. The lowest BCUT2D eigenvalue weighted by Gasteiger charge is -2.35. The first-order valence-corrected chi connectivity index (χ1v) is 13.7. The molecule has 1 aliphatic heterocycles. The molecule has 2 unspecified atom stereocenters. The monoisotopic (exact) mass is 546 g/mol. The van der Waals surface area contributed by atoms with Crippen molar-refractivity contribution >= 4 is 29.6 Å². The largest absolute Gasteiger partial charge is 0.444 e. The number of piperidine rings is 1. The van der Waals surface area contributed by atoms with E-state index in [4.69, 9.17) is 4.74 Å². The summed E-state index contributed by atoms with van der Waals surface area (Å²) >= 11 is 0. The molecule has 0 radical (unpaired) electrons. The minimum absolute atomic E-state index is 0.106. The fraction of sp³-hybridized carbons (Fsp3) is 0.690. The lowest BCUT2D eigenvalue weighted by atomic mass is 9.95. The molecule has 3 N–H and O–H groups in total. The van der Waals surface area contributed by atoms with Gasteiger partial charge in [0.1, 0.15) is 17.7 Å². The van der Waals surface area contributed by atoms with E-state index in [1.165, 1.54) is 11.0 Å². The van der Waals surface area contributed by atoms with E-state index in [1.54, 1.807) is 26.8 Å². The van der Waals surface area contributed by atoms with E-state index < -0.39 is 47.4 Å². The van der Waals surface area contributed by atoms with Gasteiger partial charge in [0.15, 0.2) is 0 Å². The van der Waals surface area contributed by atoms with E-state index in [9.17, 15) is 24.0 Å². The summed E-state index contributed by atoms with van der Waals surface area (Å²) in [5.74, 6) is -2.64. The van der Waals surface area contributed by atoms with Crippen molar-refractivity contribution in [2.45, 2.75) is 91.5 Å². The molecule has 10 nitrogen and oxygen atoms in total. The van der Waals surface area contributed by atoms with Crippen molar-refractivity contribution in [3.8, 4) is 0 Å². The summed E-state index contributed by atoms with van der Waals surface area (Å²) < 4.78 is 5.39. The number of carbonyl (C=O) groups excluding carboxylic acids is 5. The van der Waals surface area contributed by atoms with Crippen molar-refractivity contribution in [2.24, 2.45) is 23.2 Å². The van der Waals surface area contributed by atoms with E-state index in [2.05, 4.69) is 43.0 Å². The number of amides is 4. The predicted molar refractivity (Wildman–Crippen MR) is 148 cm³/mol. The van der Waals surface area contributed by atoms with Crippen LogP contribution in [0.15, 0.2) is 25.3 Å². The van der Waals surface area contributed by atoms with E-state index in [0.29, 0.717) is 19.4 Å². The molecule has 0 aromatic heterocycles. The van der Waals surface area contributed by atoms with Gasteiger partial charge in [-0.2, -0.15) is 0 Å². The molecule has 0 bridgehead atoms. The van der Waals surface area contributed by atoms with Crippen LogP contribution in [0.4, 0.5) is 4.79 Å². The van der Waals surface area contributed by atoms with Gasteiger partial charge < -0.3 is 25.6 Å². The van der Waals surface area contributed by atoms with Gasteiger partial charge in [-0.25, -0.2) is 4.79 Å². The average molecular weight is 547 g/mol. The third kappa shape index (κ3) is 7.70. The number of nitrogens with one attached hydrogen (secondary N) is 3. The summed E-state index contributed by atoms with van der Waals surface area (Å²) in [6, 6.07) is -2.79. The second-order valence-corrected chi connectivity index (χ2v) is 12.2. The number of allylic oxidation sites excluding steroid dienone is 1. The van der Waals surface area contributed by atoms with Crippen LogP contribution in [0.3, 0.4) is 0 Å². The summed E-state index contributed by atoms with van der Waals surface area (Å²) in [6.07, 6.45) is 3.59. The van der Waals surface area contributed by atoms with E-state index in [0.717, 1.165) is 0 Å². The van der Waals surface area contributed by atoms with Crippen LogP contribution in [-0.2, 0) is 23.9 Å². The van der Waals surface area contributed by atoms with E-state index >= 15 is 0 Å². The summed E-state index contributed by atoms with van der Waals surface area (Å²) in [5.41, 5.74) is -0.898. The first-order chi connectivity index (χ1) is 18.1. The highest BCUT2D eigenvalue weighted by atomic mass is 16.6. The Morgan fingerprint density at radius 1 is 1.10 bits per heavy atom. The minimum Gasteiger partial charge on any atom is -0.444 e. The van der Waals surface area contributed by atoms with E-state index in [-0.39, 0.29) is 42.0 Å². The minimum atomic E-state index is -1.07. The molecule has 2 rings (SSSR count). The second-order valence-electron chi connectivity index (χ2n) is 12.2. The van der Waals surface area contributed by atoms with Gasteiger partial charge in [-0.3, -0.25) is 19.2 Å². The number of likely N-dealkylation sites (tertiary alicyclic amines) is 1. The summed E-state index contributed by atoms with van der Waals surface area (Å²) in [6.45, 7) is 20.8. The highest BCUT2D eigenvalue weighted by Crippen LogP contribution is 2.65. The van der Waals surface area contributed by atoms with Crippen LogP contribution in [0.1, 0.15) is 67.7 Å². The molecule has 1 saturated carbocycles. The molecule has 1 saturated heterocycles. The highest BCUT2D eigenvalue weighted by molar-refractivity contribution is 6.38. The van der Waals surface area contributed by atoms with Gasteiger partial charge in [-0.05, 0) is 56.8 Å². The zero-order valence-electron chi connectivity index (χ0n) is 24.5. The van der Waals surface area contributed by atoms with Crippen molar-refractivity contribution in [3.05, 3.63) is 25.3 Å². The van der Waals surface area contributed by atoms with Crippen molar-refractivity contribution in [2.75, 3.05) is 13.1 Å². The van der Waals surface area contributed by atoms with Gasteiger partial charge in [0.2, 0.25) is 17.6 Å². The Kier molecular flexibility index (Phi) is 10.5. The van der Waals surface area contributed by atoms with Crippen LogP contribution >= 0.6 is 0 Å². The molecule has 218 valence electrons. The van der Waals surface area contributed by atoms with Crippen molar-refractivity contribution < 1.29 is 28.7 Å². The van der Waals surface area contributed by atoms with E-state index in [1.807, 2.05) is 13.8 Å². The molecule has 1 aliphatic carbocycles. The normalized spacial score (nSPS) is 23.4. The number of ketones is 1. The Labute approximate surface area is 232 Å². The van der Waals surface area contributed by atoms with Crippen molar-refractivity contribution in [1.82, 2.24) is 20.9 Å². The number of Topliss-reactive ketones (excluding diaryl/α,β-unsaturated/α-hetero) is 1. The smallest absolute Gasteiger partial charge is 0.408 e. The summed E-state index contributed by atoms with van der Waals surface area (Å²) in [7, 11) is 0. The Balaban J connectivity index is 2.30. The quantitative estimate of drug-likeness (QED) is 0.240. The molecule has 4 amide bonds. The Morgan fingerprint density at radius 3 is 2.28 bits per heavy atom. The zero-order chi connectivity index (χ0) is 29.7. The topological polar surface area (TPSA) is 134 Å². The average Bonchev–Trinajstić information content (AvgIpc) is 3.18. The number of nitrogens with zero attached hydrogens (tertiary/aromatic N) is 1. The SMILES string of the molecule is C=CCCC(NC(=O)[C@@H]1[C@@H]2[C@H](CN1C(=O)[C@@H](NC(=O)OC(C)(C)C)C(C)CC)C2(C)C)C(=O)C(=O)NCC=C. The Bertz CT molecular complexity index is 985. The van der Waals surface area contributed by atoms with Crippen molar-refractivity contribution in [1.29, 1.82) is 0 Å². The maximum atomic E-state index is 13.9. The van der Waals surface area contributed by atoms with Gasteiger partial charge in [0.25, 0.3) is 5.91 Å². The molecule has 39 heavy (non-hydrogen) atoms. The molecular formula is C29H46N4O6. The molecular weight excluding hydrogens is 500 g/mol. The molecule has 6 atom stereocenters. The zero-order valence-corrected chi connectivity index (χ0v) is 24.5. The van der Waals surface area contributed by atoms with Gasteiger partial charge in [-0.1, -0.05) is 46.3 Å². The number of hydrogen-bond donors (Lipinski definition) is 3. The van der Waals surface area contributed by atoms with Gasteiger partial charge in [0, 0.05) is 13.1 Å². The lowest BCUT2D eigenvalue weighted by molar-refractivity contribution is -0.144. The number of ether oxygens (including phenoxy) is 1. The lowest BCUT2D eigenvalue weighted by Crippen LogP contribution is -2.59. The van der Waals surface area contributed by atoms with Gasteiger partial charge in [0.05, 0.1) is 6.04 Å². The number of fused-ring (bicyclic) bond motifs is 1. The van der Waals surface area contributed by atoms with Crippen LogP contribution in [0, 0.1) is 23.2 Å². The number of carbonyl (C=O) groups is 5. The third-order valence-electron chi connectivity index (χ3n) is 7.83. The van der Waals surface area contributed by atoms with Crippen LogP contribution in [0.2, 0.25) is 0 Å². The molecule has 1 heterocycles. The third-order valence-corrected chi connectivity index (χ3v) is 7.83. The molecule has 10 heteroatoms. The van der Waals surface area contributed by atoms with Crippen LogP contribution in [0.25, 0.3) is 0 Å². The van der Waals surface area contributed by atoms with Crippen molar-refractivity contribution in [3.63, 3.8) is 0 Å². The van der Waals surface area contributed by atoms with Gasteiger partial charge >= 0.3 is 6.09 Å². The van der Waals surface area contributed by atoms with Crippen LogP contribution < -0.4 is 16.0 Å². The highest BCUT2D eigenvalue weighted by Gasteiger charge is 2.69. The number of alkyl carbamates (subject to hydrolysis) is 1. The first-order valence-electron chi connectivity index (χ1n) is 13.7. The van der Waals surface area contributed by atoms with Crippen LogP contribution in [0.5, 0.6) is 0 Å². The van der Waals surface area contributed by atoms with Gasteiger partial charge in [-0.15, -0.1) is 13.2 Å². The van der Waals surface area contributed by atoms with Crippen LogP contribution in [-0.4, -0.2) is 71.3 Å². The molecule has 2 aliphatic rings. The summed E-state index contributed by atoms with van der Waals surface area (Å²) in [5, 5.41) is 7.93. The number of hydrogen-bond acceptors (Lipinski definition) is 6. The second kappa shape index (κ2) is 12.8. The summed E-state index contributed by atoms with van der Waals surface area (Å²) in [4.78, 5) is 66.9. The predicted octanol–water partition coefficient (Wildman–Crippen LogP) is 2.73.